The molecule has 1 aromatic heterocycles. The lowest BCUT2D eigenvalue weighted by Crippen LogP contribution is -2.43. The summed E-state index contributed by atoms with van der Waals surface area (Å²) in [5, 5.41) is 12.2. The number of rotatable bonds is 3. The van der Waals surface area contributed by atoms with Gasteiger partial charge in [-0.15, -0.1) is 0 Å². The smallest absolute Gasteiger partial charge is 0.411 e. The number of aliphatic hydroxyl groups excluding tert-OH is 1. The first-order valence-electron chi connectivity index (χ1n) is 7.21. The van der Waals surface area contributed by atoms with E-state index in [0.29, 0.717) is 12.4 Å². The van der Waals surface area contributed by atoms with E-state index in [-0.39, 0.29) is 18.9 Å². The molecule has 2 rings (SSSR count). The van der Waals surface area contributed by atoms with Crippen molar-refractivity contribution in [1.29, 1.82) is 0 Å². The molecule has 2 N–H and O–H groups in total. The van der Waals surface area contributed by atoms with Gasteiger partial charge in [0.15, 0.2) is 0 Å². The van der Waals surface area contributed by atoms with E-state index < -0.39 is 5.60 Å². The fraction of sp³-hybridized carbons (Fsp3) is 0.600. The average Bonchev–Trinajstić information content (AvgIpc) is 2.86. The number of anilines is 1. The number of nitrogens with zero attached hydrogens (tertiary/aromatic N) is 2. The topological polar surface area (TPSA) is 74.7 Å². The number of aromatic nitrogens is 1. The number of carbonyl (C=O) groups is 1. The molecule has 1 saturated heterocycles. The fourth-order valence-electron chi connectivity index (χ4n) is 2.23. The van der Waals surface area contributed by atoms with Crippen LogP contribution in [-0.4, -0.2) is 39.4 Å². The second-order valence-electron chi connectivity index (χ2n) is 6.19. The minimum Gasteiger partial charge on any atom is -0.444 e. The zero-order valence-electron chi connectivity index (χ0n) is 12.8. The predicted octanol–water partition coefficient (Wildman–Crippen LogP) is 2.34. The van der Waals surface area contributed by atoms with Crippen LogP contribution in [0.2, 0.25) is 0 Å². The van der Waals surface area contributed by atoms with E-state index in [4.69, 9.17) is 9.84 Å². The van der Waals surface area contributed by atoms with Crippen molar-refractivity contribution in [2.75, 3.05) is 11.9 Å². The van der Waals surface area contributed by atoms with Crippen molar-refractivity contribution in [2.45, 2.75) is 52.0 Å². The minimum absolute atomic E-state index is 0.0270. The fourth-order valence-corrected chi connectivity index (χ4v) is 2.23. The standard InChI is InChI=1S/C15H23N3O3/c1-15(2,3)21-14(20)18-8-4-5-13(18)17-12-7-6-11(10-19)9-16-12/h6-7,9,13,19H,4-5,8,10H2,1-3H3,(H,16,17). The van der Waals surface area contributed by atoms with Crippen molar-refractivity contribution in [3.63, 3.8) is 0 Å². The summed E-state index contributed by atoms with van der Waals surface area (Å²) in [6, 6.07) is 3.61. The van der Waals surface area contributed by atoms with Gasteiger partial charge in [0, 0.05) is 12.7 Å². The van der Waals surface area contributed by atoms with Gasteiger partial charge in [-0.25, -0.2) is 9.78 Å². The molecular formula is C15H23N3O3. The third kappa shape index (κ3) is 4.32. The van der Waals surface area contributed by atoms with Crippen LogP contribution in [0.1, 0.15) is 39.2 Å². The Morgan fingerprint density at radius 1 is 1.52 bits per heavy atom. The monoisotopic (exact) mass is 293 g/mol. The van der Waals surface area contributed by atoms with Crippen LogP contribution in [0.4, 0.5) is 10.6 Å². The number of pyridine rings is 1. The summed E-state index contributed by atoms with van der Waals surface area (Å²) in [6.07, 6.45) is 3.01. The minimum atomic E-state index is -0.495. The zero-order chi connectivity index (χ0) is 15.5. The molecule has 2 heterocycles. The first-order valence-corrected chi connectivity index (χ1v) is 7.21. The summed E-state index contributed by atoms with van der Waals surface area (Å²) in [5.74, 6) is 0.688. The van der Waals surface area contributed by atoms with Gasteiger partial charge in [-0.2, -0.15) is 0 Å². The normalized spacial score (nSPS) is 18.7. The largest absolute Gasteiger partial charge is 0.444 e. The molecule has 1 aliphatic heterocycles. The Hall–Kier alpha value is -1.82. The summed E-state index contributed by atoms with van der Waals surface area (Å²) < 4.78 is 5.42. The highest BCUT2D eigenvalue weighted by Crippen LogP contribution is 2.22. The Balaban J connectivity index is 1.99. The number of amides is 1. The lowest BCUT2D eigenvalue weighted by Gasteiger charge is -2.29. The number of hydrogen-bond acceptors (Lipinski definition) is 5. The molecule has 1 aromatic rings. The molecular weight excluding hydrogens is 270 g/mol. The van der Waals surface area contributed by atoms with E-state index in [1.807, 2.05) is 26.8 Å². The molecule has 0 aliphatic carbocycles. The van der Waals surface area contributed by atoms with E-state index in [1.165, 1.54) is 0 Å². The van der Waals surface area contributed by atoms with E-state index in [1.54, 1.807) is 17.2 Å². The number of aliphatic hydroxyl groups is 1. The molecule has 1 unspecified atom stereocenters. The molecule has 6 heteroatoms. The van der Waals surface area contributed by atoms with Crippen LogP contribution in [0.3, 0.4) is 0 Å². The third-order valence-electron chi connectivity index (χ3n) is 3.20. The molecule has 0 spiro atoms. The Morgan fingerprint density at radius 2 is 2.29 bits per heavy atom. The third-order valence-corrected chi connectivity index (χ3v) is 3.20. The summed E-state index contributed by atoms with van der Waals surface area (Å²) >= 11 is 0. The molecule has 0 radical (unpaired) electrons. The molecule has 6 nitrogen and oxygen atoms in total. The molecule has 116 valence electrons. The van der Waals surface area contributed by atoms with E-state index in [0.717, 1.165) is 18.4 Å². The average molecular weight is 293 g/mol. The Labute approximate surface area is 125 Å². The highest BCUT2D eigenvalue weighted by molar-refractivity contribution is 5.69. The van der Waals surface area contributed by atoms with E-state index >= 15 is 0 Å². The van der Waals surface area contributed by atoms with Gasteiger partial charge in [-0.1, -0.05) is 6.07 Å². The van der Waals surface area contributed by atoms with Crippen LogP contribution in [0.15, 0.2) is 18.3 Å². The van der Waals surface area contributed by atoms with Gasteiger partial charge in [0.25, 0.3) is 0 Å². The van der Waals surface area contributed by atoms with Gasteiger partial charge >= 0.3 is 6.09 Å². The van der Waals surface area contributed by atoms with Gasteiger partial charge in [0.1, 0.15) is 17.6 Å². The van der Waals surface area contributed by atoms with Crippen LogP contribution in [0.5, 0.6) is 0 Å². The molecule has 1 aliphatic rings. The molecule has 0 aromatic carbocycles. The molecule has 0 bridgehead atoms. The van der Waals surface area contributed by atoms with Gasteiger partial charge < -0.3 is 15.2 Å². The Morgan fingerprint density at radius 3 is 2.86 bits per heavy atom. The van der Waals surface area contributed by atoms with Crippen LogP contribution >= 0.6 is 0 Å². The van der Waals surface area contributed by atoms with Gasteiger partial charge in [0.2, 0.25) is 0 Å². The van der Waals surface area contributed by atoms with Crippen LogP contribution in [0, 0.1) is 0 Å². The lowest BCUT2D eigenvalue weighted by atomic mass is 10.2. The van der Waals surface area contributed by atoms with Crippen molar-refractivity contribution in [1.82, 2.24) is 9.88 Å². The van der Waals surface area contributed by atoms with Crippen molar-refractivity contribution in [3.05, 3.63) is 23.9 Å². The Bertz CT molecular complexity index is 482. The van der Waals surface area contributed by atoms with Crippen molar-refractivity contribution < 1.29 is 14.6 Å². The van der Waals surface area contributed by atoms with Crippen LogP contribution < -0.4 is 5.32 Å². The molecule has 1 amide bonds. The van der Waals surface area contributed by atoms with E-state index in [2.05, 4.69) is 10.3 Å². The highest BCUT2D eigenvalue weighted by Gasteiger charge is 2.32. The first-order chi connectivity index (χ1) is 9.89. The number of likely N-dealkylation sites (tertiary alicyclic amines) is 1. The van der Waals surface area contributed by atoms with Gasteiger partial charge in [0.05, 0.1) is 6.61 Å². The lowest BCUT2D eigenvalue weighted by molar-refractivity contribution is 0.0244. The second-order valence-corrected chi connectivity index (χ2v) is 6.19. The summed E-state index contributed by atoms with van der Waals surface area (Å²) in [4.78, 5) is 18.1. The number of carbonyl (C=O) groups excluding carboxylic acids is 1. The molecule has 1 fully saturated rings. The number of hydrogen-bond donors (Lipinski definition) is 2. The van der Waals surface area contributed by atoms with Crippen molar-refractivity contribution >= 4 is 11.9 Å². The number of ether oxygens (including phenoxy) is 1. The van der Waals surface area contributed by atoms with Gasteiger partial charge in [-0.3, -0.25) is 4.90 Å². The van der Waals surface area contributed by atoms with Crippen molar-refractivity contribution in [2.24, 2.45) is 0 Å². The second kappa shape index (κ2) is 6.30. The summed E-state index contributed by atoms with van der Waals surface area (Å²) in [7, 11) is 0. The first kappa shape index (κ1) is 15.6. The summed E-state index contributed by atoms with van der Waals surface area (Å²) in [5.41, 5.74) is 0.265. The predicted molar refractivity (Wildman–Crippen MR) is 79.7 cm³/mol. The van der Waals surface area contributed by atoms with E-state index in [9.17, 15) is 4.79 Å². The molecule has 21 heavy (non-hydrogen) atoms. The highest BCUT2D eigenvalue weighted by atomic mass is 16.6. The summed E-state index contributed by atoms with van der Waals surface area (Å²) in [6.45, 7) is 6.23. The Kier molecular flexibility index (Phi) is 4.67. The van der Waals surface area contributed by atoms with Crippen molar-refractivity contribution in [3.8, 4) is 0 Å². The quantitative estimate of drug-likeness (QED) is 0.894. The number of nitrogens with one attached hydrogen (secondary N) is 1. The maximum absolute atomic E-state index is 12.2. The van der Waals surface area contributed by atoms with Crippen LogP contribution in [0.25, 0.3) is 0 Å². The molecule has 0 saturated carbocycles. The zero-order valence-corrected chi connectivity index (χ0v) is 12.8. The maximum atomic E-state index is 12.2. The van der Waals surface area contributed by atoms with Gasteiger partial charge in [-0.05, 0) is 45.2 Å². The molecule has 1 atom stereocenters. The SMILES string of the molecule is CC(C)(C)OC(=O)N1CCCC1Nc1ccc(CO)cn1. The maximum Gasteiger partial charge on any atom is 0.411 e. The van der Waals surface area contributed by atoms with Crippen LogP contribution in [-0.2, 0) is 11.3 Å².